The molecule has 226 valence electrons. The van der Waals surface area contributed by atoms with Crippen molar-refractivity contribution < 1.29 is 19.0 Å². The molecule has 1 aliphatic heterocycles. The molecule has 1 amide bonds. The number of carbonyl (C=O) groups excluding carboxylic acids is 1. The molecule has 0 saturated carbocycles. The second-order valence-electron chi connectivity index (χ2n) is 12.0. The number of amides is 1. The molecule has 0 unspecified atom stereocenters. The lowest BCUT2D eigenvalue weighted by atomic mass is 10.1. The molecule has 0 radical (unpaired) electrons. The minimum atomic E-state index is -0.521. The lowest BCUT2D eigenvalue weighted by Crippen LogP contribution is -2.60. The van der Waals surface area contributed by atoms with Crippen molar-refractivity contribution in [3.05, 3.63) is 102 Å². The number of hydrogen-bond acceptors (Lipinski definition) is 7. The Balaban J connectivity index is 1.23. The number of anilines is 1. The Morgan fingerprint density at radius 1 is 0.886 bits per heavy atom. The quantitative estimate of drug-likeness (QED) is 0.209. The van der Waals surface area contributed by atoms with Gasteiger partial charge in [-0.1, -0.05) is 60.7 Å². The molecule has 3 aromatic carbocycles. The average molecular weight is 592 g/mol. The third-order valence-electron chi connectivity index (χ3n) is 7.34. The highest BCUT2D eigenvalue weighted by Gasteiger charge is 2.30. The number of carbonyl (C=O) groups is 1. The van der Waals surface area contributed by atoms with E-state index in [1.165, 1.54) is 0 Å². The first kappa shape index (κ1) is 29.0. The summed E-state index contributed by atoms with van der Waals surface area (Å²) in [6.07, 6.45) is -0.385. The molecule has 1 N–H and O–H groups in total. The number of benzene rings is 3. The van der Waals surface area contributed by atoms with Crippen LogP contribution in [0.3, 0.4) is 0 Å². The van der Waals surface area contributed by atoms with Gasteiger partial charge in [0, 0.05) is 37.3 Å². The molecule has 0 aliphatic carbocycles. The number of nitrogens with one attached hydrogen (secondary N) is 1. The maximum absolute atomic E-state index is 12.2. The zero-order valence-electron chi connectivity index (χ0n) is 25.5. The molecule has 44 heavy (non-hydrogen) atoms. The maximum Gasteiger partial charge on any atom is 0.407 e. The largest absolute Gasteiger partial charge is 0.473 e. The van der Waals surface area contributed by atoms with Gasteiger partial charge in [0.1, 0.15) is 24.5 Å². The second kappa shape index (κ2) is 12.3. The van der Waals surface area contributed by atoms with Gasteiger partial charge in [-0.2, -0.15) is 10.1 Å². The molecule has 1 aliphatic rings. The van der Waals surface area contributed by atoms with Crippen molar-refractivity contribution in [1.29, 1.82) is 0 Å². The monoisotopic (exact) mass is 591 g/mol. The van der Waals surface area contributed by atoms with Crippen molar-refractivity contribution in [3.63, 3.8) is 0 Å². The van der Waals surface area contributed by atoms with Crippen LogP contribution in [0.2, 0.25) is 0 Å². The number of fused-ring (bicyclic) bond motifs is 1. The Morgan fingerprint density at radius 2 is 1.55 bits per heavy atom. The zero-order chi connectivity index (χ0) is 30.7. The summed E-state index contributed by atoms with van der Waals surface area (Å²) in [4.78, 5) is 19.1. The van der Waals surface area contributed by atoms with Gasteiger partial charge < -0.3 is 24.4 Å². The summed E-state index contributed by atoms with van der Waals surface area (Å²) >= 11 is 0. The highest BCUT2D eigenvalue weighted by molar-refractivity contribution is 5.96. The first-order chi connectivity index (χ1) is 21.2. The SMILES string of the molecule is Cn1nc(-c2ccc(OCc3ccccc3)nc2OCc2ccccc2)c2ccc(N3CC(NC(=O)OC(C)(C)C)C3)cc21. The van der Waals surface area contributed by atoms with Crippen LogP contribution in [0.4, 0.5) is 10.5 Å². The molecule has 0 atom stereocenters. The molecule has 5 aromatic rings. The summed E-state index contributed by atoms with van der Waals surface area (Å²) in [6, 6.07) is 30.2. The van der Waals surface area contributed by atoms with Crippen molar-refractivity contribution >= 4 is 22.7 Å². The summed E-state index contributed by atoms with van der Waals surface area (Å²) in [5.74, 6) is 0.942. The molecular formula is C35H37N5O4. The molecule has 0 bridgehead atoms. The van der Waals surface area contributed by atoms with Crippen molar-refractivity contribution in [2.75, 3.05) is 18.0 Å². The molecule has 9 heteroatoms. The van der Waals surface area contributed by atoms with Gasteiger partial charge in [-0.05, 0) is 56.2 Å². The summed E-state index contributed by atoms with van der Waals surface area (Å²) in [6.45, 7) is 7.78. The average Bonchev–Trinajstić information content (AvgIpc) is 3.32. The summed E-state index contributed by atoms with van der Waals surface area (Å²) in [5, 5.41) is 8.83. The highest BCUT2D eigenvalue weighted by Crippen LogP contribution is 2.37. The number of aryl methyl sites for hydroxylation is 1. The number of alkyl carbamates (subject to hydrolysis) is 1. The van der Waals surface area contributed by atoms with Gasteiger partial charge in [-0.15, -0.1) is 0 Å². The number of ether oxygens (including phenoxy) is 3. The molecule has 1 saturated heterocycles. The van der Waals surface area contributed by atoms with Crippen molar-refractivity contribution in [1.82, 2.24) is 20.1 Å². The van der Waals surface area contributed by atoms with E-state index in [-0.39, 0.29) is 12.1 Å². The van der Waals surface area contributed by atoms with Gasteiger partial charge in [0.15, 0.2) is 0 Å². The van der Waals surface area contributed by atoms with E-state index in [0.717, 1.165) is 39.0 Å². The lowest BCUT2D eigenvalue weighted by molar-refractivity contribution is 0.0496. The molecule has 2 aromatic heterocycles. The molecule has 9 nitrogen and oxygen atoms in total. The summed E-state index contributed by atoms with van der Waals surface area (Å²) in [5.41, 5.74) is 5.21. The number of pyridine rings is 1. The fraction of sp³-hybridized carbons (Fsp3) is 0.286. The lowest BCUT2D eigenvalue weighted by Gasteiger charge is -2.41. The summed E-state index contributed by atoms with van der Waals surface area (Å²) < 4.78 is 19.6. The van der Waals surface area contributed by atoms with Crippen LogP contribution in [0.25, 0.3) is 22.2 Å². The molecule has 6 rings (SSSR count). The van der Waals surface area contributed by atoms with Gasteiger partial charge >= 0.3 is 6.09 Å². The van der Waals surface area contributed by atoms with E-state index in [4.69, 9.17) is 24.3 Å². The minimum absolute atomic E-state index is 0.0423. The van der Waals surface area contributed by atoms with E-state index in [2.05, 4.69) is 28.4 Å². The Labute approximate surface area is 257 Å². The first-order valence-electron chi connectivity index (χ1n) is 14.8. The third-order valence-corrected chi connectivity index (χ3v) is 7.34. The topological polar surface area (TPSA) is 90.7 Å². The molecule has 1 fully saturated rings. The minimum Gasteiger partial charge on any atom is -0.473 e. The fourth-order valence-corrected chi connectivity index (χ4v) is 5.15. The van der Waals surface area contributed by atoms with Gasteiger partial charge in [-0.25, -0.2) is 4.79 Å². The predicted molar refractivity (Wildman–Crippen MR) is 171 cm³/mol. The van der Waals surface area contributed by atoms with Crippen molar-refractivity contribution in [3.8, 4) is 23.0 Å². The van der Waals surface area contributed by atoms with Crippen molar-refractivity contribution in [2.45, 2.75) is 45.6 Å². The molecule has 3 heterocycles. The van der Waals surface area contributed by atoms with Crippen LogP contribution in [-0.4, -0.2) is 45.6 Å². The van der Waals surface area contributed by atoms with Gasteiger partial charge in [0.05, 0.1) is 17.1 Å². The normalized spacial score (nSPS) is 13.4. The van der Waals surface area contributed by atoms with Crippen LogP contribution in [0.1, 0.15) is 31.9 Å². The standard InChI is InChI=1S/C35H37N5O4/c1-35(2,3)44-34(41)36-26-20-40(21-26)27-15-16-28-30(19-27)39(4)38-32(28)29-17-18-31(42-22-24-11-7-5-8-12-24)37-33(29)43-23-25-13-9-6-10-14-25/h5-19,26H,20-23H2,1-4H3,(H,36,41). The van der Waals surface area contributed by atoms with E-state index in [1.807, 2.05) is 105 Å². The predicted octanol–water partition coefficient (Wildman–Crippen LogP) is 6.51. The van der Waals surface area contributed by atoms with Crippen molar-refractivity contribution in [2.24, 2.45) is 7.05 Å². The van der Waals surface area contributed by atoms with Crippen LogP contribution < -0.4 is 19.7 Å². The fourth-order valence-electron chi connectivity index (χ4n) is 5.15. The second-order valence-corrected chi connectivity index (χ2v) is 12.0. The Morgan fingerprint density at radius 3 is 2.20 bits per heavy atom. The van der Waals surface area contributed by atoms with Crippen LogP contribution in [0.15, 0.2) is 91.0 Å². The van der Waals surface area contributed by atoms with E-state index in [9.17, 15) is 4.79 Å². The highest BCUT2D eigenvalue weighted by atomic mass is 16.6. The van der Waals surface area contributed by atoms with Gasteiger partial charge in [0.2, 0.25) is 11.8 Å². The Kier molecular flexibility index (Phi) is 8.11. The Bertz CT molecular complexity index is 1740. The zero-order valence-corrected chi connectivity index (χ0v) is 25.5. The summed E-state index contributed by atoms with van der Waals surface area (Å²) in [7, 11) is 1.94. The number of aromatic nitrogens is 3. The number of nitrogens with zero attached hydrogens (tertiary/aromatic N) is 4. The van der Waals surface area contributed by atoms with Crippen LogP contribution in [0.5, 0.6) is 11.8 Å². The third kappa shape index (κ3) is 6.78. The smallest absolute Gasteiger partial charge is 0.407 e. The van der Waals surface area contributed by atoms with Gasteiger partial charge in [0.25, 0.3) is 0 Å². The first-order valence-corrected chi connectivity index (χ1v) is 14.8. The molecular weight excluding hydrogens is 554 g/mol. The van der Waals surface area contributed by atoms with E-state index >= 15 is 0 Å². The number of hydrogen-bond donors (Lipinski definition) is 1. The number of rotatable bonds is 9. The maximum atomic E-state index is 12.2. The van der Waals surface area contributed by atoms with Crippen LogP contribution >= 0.6 is 0 Å². The van der Waals surface area contributed by atoms with E-state index in [1.54, 1.807) is 0 Å². The van der Waals surface area contributed by atoms with Crippen LogP contribution in [-0.2, 0) is 25.0 Å². The van der Waals surface area contributed by atoms with E-state index < -0.39 is 5.60 Å². The van der Waals surface area contributed by atoms with E-state index in [0.29, 0.717) is 38.1 Å². The molecule has 0 spiro atoms. The van der Waals surface area contributed by atoms with Crippen LogP contribution in [0, 0.1) is 0 Å². The Hall–Kier alpha value is -5.05. The van der Waals surface area contributed by atoms with Gasteiger partial charge in [-0.3, -0.25) is 4.68 Å².